The highest BCUT2D eigenvalue weighted by molar-refractivity contribution is 7.66. The molecule has 194 valence electrons. The van der Waals surface area contributed by atoms with Crippen molar-refractivity contribution in [1.29, 1.82) is 0 Å². The number of halogens is 1. The number of aliphatic hydroxyl groups is 2. The van der Waals surface area contributed by atoms with Crippen LogP contribution in [0.1, 0.15) is 6.23 Å². The molecule has 2 aromatic rings. The third-order valence-corrected chi connectivity index (χ3v) is 9.01. The molecule has 1 saturated heterocycles. The molecule has 0 bridgehead atoms. The van der Waals surface area contributed by atoms with Crippen molar-refractivity contribution in [2.75, 3.05) is 18.2 Å². The fourth-order valence-corrected chi connectivity index (χ4v) is 6.62. The molecule has 0 aliphatic carbocycles. The van der Waals surface area contributed by atoms with Gasteiger partial charge in [0.15, 0.2) is 11.8 Å². The van der Waals surface area contributed by atoms with Gasteiger partial charge in [0.05, 0.1) is 17.9 Å². The van der Waals surface area contributed by atoms with E-state index in [9.17, 15) is 33.7 Å². The molecular weight excluding hydrogens is 561 g/mol. The average molecular weight is 579 g/mol. The van der Waals surface area contributed by atoms with Crippen LogP contribution < -0.4 is 5.73 Å². The Balaban J connectivity index is 1.91. The molecule has 3 heterocycles. The maximum atomic E-state index is 12.1. The largest absolute Gasteiger partial charge is 0.490 e. The predicted octanol–water partition coefficient (Wildman–Crippen LogP) is -0.412. The van der Waals surface area contributed by atoms with Crippen molar-refractivity contribution in [2.24, 2.45) is 0 Å². The van der Waals surface area contributed by atoms with Crippen molar-refractivity contribution in [2.45, 2.75) is 23.5 Å². The van der Waals surface area contributed by atoms with Crippen molar-refractivity contribution in [3.05, 3.63) is 18.6 Å². The number of aliphatic hydroxyl groups excluding tert-OH is 1. The number of terminal acetylenes is 1. The van der Waals surface area contributed by atoms with E-state index < -0.39 is 59.5 Å². The van der Waals surface area contributed by atoms with Gasteiger partial charge in [0, 0.05) is 6.20 Å². The second-order valence-electron chi connectivity index (χ2n) is 7.12. The van der Waals surface area contributed by atoms with Crippen LogP contribution in [0.5, 0.6) is 0 Å². The summed E-state index contributed by atoms with van der Waals surface area (Å²) in [5, 5.41) is 22.2. The lowest BCUT2D eigenvalue weighted by molar-refractivity contribution is -0.113. The molecule has 35 heavy (non-hydrogen) atoms. The molecule has 0 amide bonds. The fourth-order valence-electron chi connectivity index (χ4n) is 3.26. The minimum Gasteiger partial charge on any atom is -0.386 e. The topological polar surface area (TPSA) is 266 Å². The van der Waals surface area contributed by atoms with Gasteiger partial charge in [0.2, 0.25) is 0 Å². The normalized spacial score (nSPS) is 30.6. The number of rotatable bonds is 9. The number of ether oxygens (including phenoxy) is 1. The van der Waals surface area contributed by atoms with Crippen LogP contribution in [0.3, 0.4) is 0 Å². The molecule has 17 nitrogen and oxygen atoms in total. The summed E-state index contributed by atoms with van der Waals surface area (Å²) in [5.74, 6) is 1.33. The van der Waals surface area contributed by atoms with Crippen LogP contribution in [0.4, 0.5) is 5.82 Å². The van der Waals surface area contributed by atoms with Gasteiger partial charge in [-0.05, 0) is 6.07 Å². The summed E-state index contributed by atoms with van der Waals surface area (Å²) in [6.07, 6.45) is 4.20. The summed E-state index contributed by atoms with van der Waals surface area (Å²) in [6.45, 7) is -1.18. The van der Waals surface area contributed by atoms with E-state index in [0.717, 1.165) is 6.33 Å². The molecule has 1 fully saturated rings. The Morgan fingerprint density at radius 3 is 2.46 bits per heavy atom. The van der Waals surface area contributed by atoms with Crippen molar-refractivity contribution >= 4 is 51.9 Å². The lowest BCUT2D eigenvalue weighted by atomic mass is 9.88. The lowest BCUT2D eigenvalue weighted by Gasteiger charge is -2.31. The minimum absolute atomic E-state index is 0.0767. The van der Waals surface area contributed by atoms with Gasteiger partial charge in [-0.15, -0.1) is 18.0 Å². The number of anilines is 1. The van der Waals surface area contributed by atoms with Gasteiger partial charge in [-0.1, -0.05) is 5.92 Å². The summed E-state index contributed by atoms with van der Waals surface area (Å²) >= 11 is 5.92. The molecule has 1 aliphatic rings. The number of nitrogen functional groups attached to an aromatic ring is 1. The van der Waals surface area contributed by atoms with Gasteiger partial charge in [-0.2, -0.15) is 8.62 Å². The van der Waals surface area contributed by atoms with Crippen molar-refractivity contribution in [3.63, 3.8) is 0 Å². The highest BCUT2D eigenvalue weighted by Crippen LogP contribution is 2.66. The number of aromatic nitrogens is 3. The van der Waals surface area contributed by atoms with Crippen LogP contribution in [0, 0.1) is 12.3 Å². The van der Waals surface area contributed by atoms with Crippen molar-refractivity contribution < 1.29 is 61.4 Å². The van der Waals surface area contributed by atoms with E-state index >= 15 is 0 Å². The molecule has 0 radical (unpaired) electrons. The van der Waals surface area contributed by atoms with Crippen LogP contribution in [0.2, 0.25) is 0 Å². The number of nitrogens with zero attached hydrogens (tertiary/aromatic N) is 3. The smallest absolute Gasteiger partial charge is 0.386 e. The summed E-state index contributed by atoms with van der Waals surface area (Å²) in [4.78, 5) is 44.0. The fraction of sp³-hybridized carbons (Fsp3) is 0.429. The van der Waals surface area contributed by atoms with E-state index in [1.165, 1.54) is 16.8 Å². The number of fused-ring (bicyclic) bond motifs is 1. The Morgan fingerprint density at radius 2 is 1.89 bits per heavy atom. The Bertz CT molecular complexity index is 1310. The first kappa shape index (κ1) is 28.1. The zero-order valence-corrected chi connectivity index (χ0v) is 20.5. The second-order valence-corrected chi connectivity index (χ2v) is 11.8. The van der Waals surface area contributed by atoms with E-state index in [1.807, 2.05) is 5.92 Å². The molecule has 1 aliphatic heterocycles. The number of alkyl halides is 1. The molecule has 3 rings (SSSR count). The molecule has 8 N–H and O–H groups in total. The van der Waals surface area contributed by atoms with Gasteiger partial charge < -0.3 is 44.8 Å². The highest BCUT2D eigenvalue weighted by Gasteiger charge is 2.64. The van der Waals surface area contributed by atoms with Crippen molar-refractivity contribution in [1.82, 2.24) is 14.5 Å². The monoisotopic (exact) mass is 578 g/mol. The number of phosphoric acid groups is 3. The Labute approximate surface area is 200 Å². The quantitative estimate of drug-likeness (QED) is 0.113. The predicted molar refractivity (Wildman–Crippen MR) is 115 cm³/mol. The molecule has 21 heteroatoms. The SMILES string of the molecule is C#C[C@@]1(O)[C@H](O)[C@@](CCl)(COP(=O)(O)OP(=O)(O)OP(=O)(O)O)O[C@H]1n1ccc2c(N)ncnc21. The van der Waals surface area contributed by atoms with Gasteiger partial charge in [0.25, 0.3) is 0 Å². The number of nitrogens with two attached hydrogens (primary N) is 1. The third-order valence-electron chi connectivity index (χ3n) is 4.78. The summed E-state index contributed by atoms with van der Waals surface area (Å²) in [5.41, 5.74) is 1.16. The van der Waals surface area contributed by atoms with Gasteiger partial charge >= 0.3 is 23.5 Å². The molecule has 0 saturated carbocycles. The van der Waals surface area contributed by atoms with E-state index in [2.05, 4.69) is 23.1 Å². The van der Waals surface area contributed by atoms with Gasteiger partial charge in [-0.25, -0.2) is 23.7 Å². The van der Waals surface area contributed by atoms with E-state index in [4.69, 9.17) is 38.3 Å². The zero-order chi connectivity index (χ0) is 26.4. The van der Waals surface area contributed by atoms with Crippen LogP contribution >= 0.6 is 35.1 Å². The Kier molecular flexibility index (Phi) is 7.60. The van der Waals surface area contributed by atoms with Crippen LogP contribution in [-0.4, -0.2) is 74.1 Å². The first-order chi connectivity index (χ1) is 16.0. The first-order valence-corrected chi connectivity index (χ1v) is 14.0. The maximum absolute atomic E-state index is 12.1. The number of hydrogen-bond acceptors (Lipinski definition) is 12. The summed E-state index contributed by atoms with van der Waals surface area (Å²) < 4.78 is 53.1. The molecule has 0 spiro atoms. The van der Waals surface area contributed by atoms with Crippen molar-refractivity contribution in [3.8, 4) is 12.3 Å². The Hall–Kier alpha value is -1.44. The molecule has 2 unspecified atom stereocenters. The van der Waals surface area contributed by atoms with Crippen LogP contribution in [-0.2, 0) is 31.6 Å². The molecule has 2 aromatic heterocycles. The third kappa shape index (κ3) is 5.62. The Morgan fingerprint density at radius 1 is 1.23 bits per heavy atom. The van der Waals surface area contributed by atoms with E-state index in [1.54, 1.807) is 0 Å². The van der Waals surface area contributed by atoms with E-state index in [-0.39, 0.29) is 11.5 Å². The zero-order valence-electron chi connectivity index (χ0n) is 17.1. The maximum Gasteiger partial charge on any atom is 0.490 e. The summed E-state index contributed by atoms with van der Waals surface area (Å²) in [7, 11) is -17.0. The molecular formula is C14H18ClN4O13P3. The second kappa shape index (κ2) is 9.46. The van der Waals surface area contributed by atoms with E-state index in [0.29, 0.717) is 5.39 Å². The minimum atomic E-state index is -5.81. The van der Waals surface area contributed by atoms with Crippen LogP contribution in [0.15, 0.2) is 18.6 Å². The molecule has 0 aromatic carbocycles. The standard InChI is InChI=1S/C14H18ClN4O13P3/c1-2-14(21)11(20)13(5-15,6-29-34(25,26)32-35(27,28)31-33(22,23)24)30-12(14)19-4-3-8-9(16)17-7-18-10(8)19/h1,3-4,7,11-12,20-21H,5-6H2,(H,25,26)(H,27,28)(H2,16,17,18)(H2,22,23,24)/t11-,12-,13-,14-/m1/s1. The van der Waals surface area contributed by atoms with Gasteiger partial charge in [0.1, 0.15) is 29.5 Å². The first-order valence-electron chi connectivity index (χ1n) is 8.96. The molecule has 6 atom stereocenters. The lowest BCUT2D eigenvalue weighted by Crippen LogP contribution is -2.53. The summed E-state index contributed by atoms with van der Waals surface area (Å²) in [6, 6.07) is 1.46. The average Bonchev–Trinajstić information content (AvgIpc) is 3.24. The number of hydrogen-bond donors (Lipinski definition) is 7. The van der Waals surface area contributed by atoms with Gasteiger partial charge in [-0.3, -0.25) is 4.52 Å². The van der Waals surface area contributed by atoms with Crippen LogP contribution in [0.25, 0.3) is 11.0 Å². The highest BCUT2D eigenvalue weighted by atomic mass is 35.5. The number of phosphoric ester groups is 1.